The van der Waals surface area contributed by atoms with Crippen molar-refractivity contribution in [2.75, 3.05) is 13.7 Å². The second-order valence-corrected chi connectivity index (χ2v) is 11.4. The molecule has 0 saturated heterocycles. The summed E-state index contributed by atoms with van der Waals surface area (Å²) < 4.78 is 19.6. The molecule has 1 aliphatic heterocycles. The number of ether oxygens (including phenoxy) is 3. The lowest BCUT2D eigenvalue weighted by molar-refractivity contribution is -0.139. The van der Waals surface area contributed by atoms with Gasteiger partial charge in [0.05, 0.1) is 46.1 Å². The van der Waals surface area contributed by atoms with Crippen molar-refractivity contribution in [1.82, 2.24) is 4.57 Å². The smallest absolute Gasteiger partial charge is 0.338 e. The molecule has 0 unspecified atom stereocenters. The van der Waals surface area contributed by atoms with Gasteiger partial charge in [-0.1, -0.05) is 47.7 Å². The maximum atomic E-state index is 14.0. The predicted octanol–water partition coefficient (Wildman–Crippen LogP) is 5.51. The summed E-state index contributed by atoms with van der Waals surface area (Å²) in [6.07, 6.45) is 1.92. The van der Waals surface area contributed by atoms with Crippen LogP contribution in [-0.2, 0) is 9.53 Å². The van der Waals surface area contributed by atoms with E-state index in [0.29, 0.717) is 30.8 Å². The van der Waals surface area contributed by atoms with Gasteiger partial charge < -0.3 is 14.2 Å². The fraction of sp³-hybridized carbons (Fsp3) is 0.258. The highest BCUT2D eigenvalue weighted by Crippen LogP contribution is 2.35. The number of carbonyl (C=O) groups excluding carboxylic acids is 1. The molecule has 2 heterocycles. The maximum absolute atomic E-state index is 14.0. The van der Waals surface area contributed by atoms with Crippen molar-refractivity contribution >= 4 is 50.1 Å². The van der Waals surface area contributed by atoms with E-state index in [1.165, 1.54) is 11.3 Å². The minimum Gasteiger partial charge on any atom is -0.496 e. The van der Waals surface area contributed by atoms with Gasteiger partial charge in [-0.3, -0.25) is 9.36 Å². The molecule has 0 radical (unpaired) electrons. The minimum atomic E-state index is -0.710. The SMILES string of the molecule is CCOC(=O)C1=C(C)N=c2s/c(=C/c3ccc(OC(C)C)c4ccccc34)c(=O)n2[C@H]1c1ccc(OC)c(Br)c1. The molecule has 0 N–H and O–H groups in total. The molecule has 0 bridgehead atoms. The molecule has 0 fully saturated rings. The van der Waals surface area contributed by atoms with Crippen LogP contribution in [-0.4, -0.2) is 30.4 Å². The predicted molar refractivity (Wildman–Crippen MR) is 161 cm³/mol. The summed E-state index contributed by atoms with van der Waals surface area (Å²) in [5, 5.41) is 1.95. The van der Waals surface area contributed by atoms with Crippen molar-refractivity contribution in [3.63, 3.8) is 0 Å². The zero-order valence-corrected chi connectivity index (χ0v) is 25.3. The molecule has 3 aromatic carbocycles. The van der Waals surface area contributed by atoms with Crippen LogP contribution in [0.3, 0.4) is 0 Å². The first-order chi connectivity index (χ1) is 19.2. The standard InChI is InChI=1S/C31H29BrN2O5S/c1-6-38-30(36)27-18(4)33-31-34(28(27)20-12-14-25(37-5)23(32)15-20)29(35)26(40-31)16-19-11-13-24(39-17(2)3)22-10-8-7-9-21(19)22/h7-17,28H,6H2,1-5H3/b26-16+/t28-/m0/s1. The van der Waals surface area contributed by atoms with Crippen LogP contribution < -0.4 is 24.4 Å². The molecule has 5 rings (SSSR count). The average Bonchev–Trinajstić information content (AvgIpc) is 3.23. The van der Waals surface area contributed by atoms with Gasteiger partial charge in [-0.25, -0.2) is 9.79 Å². The first-order valence-electron chi connectivity index (χ1n) is 12.9. The number of aromatic nitrogens is 1. The molecule has 0 saturated carbocycles. The largest absolute Gasteiger partial charge is 0.496 e. The number of nitrogens with zero attached hydrogens (tertiary/aromatic N) is 2. The molecule has 0 amide bonds. The Morgan fingerprint density at radius 3 is 2.52 bits per heavy atom. The quantitative estimate of drug-likeness (QED) is 0.255. The minimum absolute atomic E-state index is 0.0350. The van der Waals surface area contributed by atoms with Gasteiger partial charge in [0.25, 0.3) is 5.56 Å². The van der Waals surface area contributed by atoms with Crippen LogP contribution in [0.15, 0.2) is 80.1 Å². The summed E-state index contributed by atoms with van der Waals surface area (Å²) in [7, 11) is 1.59. The number of methoxy groups -OCH3 is 1. The number of hydrogen-bond acceptors (Lipinski definition) is 7. The van der Waals surface area contributed by atoms with E-state index in [0.717, 1.165) is 27.6 Å². The van der Waals surface area contributed by atoms with Gasteiger partial charge in [0, 0.05) is 5.39 Å². The van der Waals surface area contributed by atoms with Gasteiger partial charge in [-0.05, 0) is 84.4 Å². The first kappa shape index (κ1) is 27.9. The lowest BCUT2D eigenvalue weighted by atomic mass is 9.96. The molecule has 40 heavy (non-hydrogen) atoms. The molecule has 1 atom stereocenters. The van der Waals surface area contributed by atoms with Crippen molar-refractivity contribution in [2.45, 2.75) is 39.8 Å². The van der Waals surface area contributed by atoms with E-state index in [-0.39, 0.29) is 18.3 Å². The third-order valence-corrected chi connectivity index (χ3v) is 8.18. The third-order valence-electron chi connectivity index (χ3n) is 6.58. The maximum Gasteiger partial charge on any atom is 0.338 e. The highest BCUT2D eigenvalue weighted by Gasteiger charge is 2.33. The molecule has 4 aromatic rings. The van der Waals surface area contributed by atoms with Crippen molar-refractivity contribution in [3.8, 4) is 11.5 Å². The molecule has 1 aromatic heterocycles. The van der Waals surface area contributed by atoms with Crippen molar-refractivity contribution < 1.29 is 19.0 Å². The van der Waals surface area contributed by atoms with E-state index in [4.69, 9.17) is 14.2 Å². The van der Waals surface area contributed by atoms with Crippen LogP contribution in [0.2, 0.25) is 0 Å². The molecule has 0 spiro atoms. The molecule has 9 heteroatoms. The molecular weight excluding hydrogens is 592 g/mol. The fourth-order valence-electron chi connectivity index (χ4n) is 4.88. The molecule has 1 aliphatic rings. The van der Waals surface area contributed by atoms with E-state index in [1.54, 1.807) is 31.6 Å². The monoisotopic (exact) mass is 620 g/mol. The van der Waals surface area contributed by atoms with E-state index in [1.807, 2.05) is 68.5 Å². The van der Waals surface area contributed by atoms with Crippen LogP contribution >= 0.6 is 27.3 Å². The van der Waals surface area contributed by atoms with Gasteiger partial charge in [0.15, 0.2) is 4.80 Å². The van der Waals surface area contributed by atoms with Crippen LogP contribution in [0.4, 0.5) is 0 Å². The van der Waals surface area contributed by atoms with Crippen LogP contribution in [0, 0.1) is 0 Å². The van der Waals surface area contributed by atoms with E-state index in [2.05, 4.69) is 20.9 Å². The molecule has 0 aliphatic carbocycles. The highest BCUT2D eigenvalue weighted by molar-refractivity contribution is 9.10. The number of halogens is 1. The Morgan fingerprint density at radius 2 is 1.85 bits per heavy atom. The topological polar surface area (TPSA) is 79.1 Å². The molecule has 206 valence electrons. The Balaban J connectivity index is 1.73. The summed E-state index contributed by atoms with van der Waals surface area (Å²) in [6, 6.07) is 16.7. The van der Waals surface area contributed by atoms with Crippen molar-refractivity contribution in [2.24, 2.45) is 4.99 Å². The van der Waals surface area contributed by atoms with Crippen molar-refractivity contribution in [1.29, 1.82) is 0 Å². The fourth-order valence-corrected chi connectivity index (χ4v) is 6.47. The summed E-state index contributed by atoms with van der Waals surface area (Å²) in [5.74, 6) is 0.942. The van der Waals surface area contributed by atoms with E-state index in [9.17, 15) is 9.59 Å². The lowest BCUT2D eigenvalue weighted by Crippen LogP contribution is -2.40. The summed E-state index contributed by atoms with van der Waals surface area (Å²) in [6.45, 7) is 7.73. The number of esters is 1. The Morgan fingerprint density at radius 1 is 1.12 bits per heavy atom. The van der Waals surface area contributed by atoms with Crippen LogP contribution in [0.25, 0.3) is 16.8 Å². The van der Waals surface area contributed by atoms with Gasteiger partial charge in [-0.2, -0.15) is 0 Å². The van der Waals surface area contributed by atoms with E-state index < -0.39 is 12.0 Å². The van der Waals surface area contributed by atoms with Gasteiger partial charge in [0.2, 0.25) is 0 Å². The second kappa shape index (κ2) is 11.4. The van der Waals surface area contributed by atoms with Crippen molar-refractivity contribution in [3.05, 3.63) is 101 Å². The number of benzene rings is 3. The normalized spacial score (nSPS) is 15.3. The number of allylic oxidation sites excluding steroid dienone is 1. The molecular formula is C31H29BrN2O5S. The van der Waals surface area contributed by atoms with Gasteiger partial charge in [-0.15, -0.1) is 0 Å². The zero-order valence-electron chi connectivity index (χ0n) is 22.9. The Kier molecular flexibility index (Phi) is 7.96. The summed E-state index contributed by atoms with van der Waals surface area (Å²) >= 11 is 4.84. The number of hydrogen-bond donors (Lipinski definition) is 0. The number of thiazole rings is 1. The Bertz CT molecular complexity index is 1840. The Labute approximate surface area is 244 Å². The van der Waals surface area contributed by atoms with E-state index >= 15 is 0 Å². The van der Waals surface area contributed by atoms with Gasteiger partial charge >= 0.3 is 5.97 Å². The number of carbonyl (C=O) groups is 1. The molecule has 7 nitrogen and oxygen atoms in total. The first-order valence-corrected chi connectivity index (χ1v) is 14.6. The third kappa shape index (κ3) is 5.11. The summed E-state index contributed by atoms with van der Waals surface area (Å²) in [5.41, 5.74) is 2.24. The van der Waals surface area contributed by atoms with Crippen LogP contribution in [0.1, 0.15) is 44.9 Å². The zero-order chi connectivity index (χ0) is 28.6. The summed E-state index contributed by atoms with van der Waals surface area (Å²) in [4.78, 5) is 32.4. The average molecular weight is 622 g/mol. The van der Waals surface area contributed by atoms with Gasteiger partial charge in [0.1, 0.15) is 11.5 Å². The number of fused-ring (bicyclic) bond motifs is 2. The lowest BCUT2D eigenvalue weighted by Gasteiger charge is -2.25. The highest BCUT2D eigenvalue weighted by atomic mass is 79.9. The Hall–Kier alpha value is -3.69. The number of rotatable bonds is 7. The van der Waals surface area contributed by atoms with Crippen LogP contribution in [0.5, 0.6) is 11.5 Å². The second-order valence-electron chi connectivity index (χ2n) is 9.56.